The molecule has 1 saturated heterocycles. The standard InChI is InChI=1S/C12H16FNO2/c1-15-11-3-2-9(6-10(11)13)12(4-5-14)7-16-8-12/h2-3,6H,4-5,7-8,14H2,1H3. The van der Waals surface area contributed by atoms with Crippen molar-refractivity contribution in [2.75, 3.05) is 26.9 Å². The lowest BCUT2D eigenvalue weighted by Crippen LogP contribution is -2.48. The molecule has 2 rings (SSSR count). The Morgan fingerprint density at radius 1 is 1.50 bits per heavy atom. The number of halogens is 1. The minimum atomic E-state index is -0.330. The molecule has 0 unspecified atom stereocenters. The fraction of sp³-hybridized carbons (Fsp3) is 0.500. The molecule has 0 atom stereocenters. The van der Waals surface area contributed by atoms with Crippen LogP contribution in [0.2, 0.25) is 0 Å². The van der Waals surface area contributed by atoms with Crippen LogP contribution in [0.15, 0.2) is 18.2 Å². The molecule has 1 heterocycles. The van der Waals surface area contributed by atoms with Crippen LogP contribution in [0, 0.1) is 5.82 Å². The molecule has 0 radical (unpaired) electrons. The van der Waals surface area contributed by atoms with Gasteiger partial charge in [-0.25, -0.2) is 4.39 Å². The van der Waals surface area contributed by atoms with E-state index in [0.29, 0.717) is 19.8 Å². The summed E-state index contributed by atoms with van der Waals surface area (Å²) in [6.07, 6.45) is 0.818. The lowest BCUT2D eigenvalue weighted by molar-refractivity contribution is -0.0632. The summed E-state index contributed by atoms with van der Waals surface area (Å²) < 4.78 is 23.7. The average Bonchev–Trinajstić information content (AvgIpc) is 2.23. The molecule has 0 aliphatic carbocycles. The van der Waals surface area contributed by atoms with Crippen LogP contribution in [0.25, 0.3) is 0 Å². The predicted octanol–water partition coefficient (Wildman–Crippen LogP) is 1.45. The van der Waals surface area contributed by atoms with Crippen molar-refractivity contribution < 1.29 is 13.9 Å². The first-order valence-electron chi connectivity index (χ1n) is 5.34. The van der Waals surface area contributed by atoms with Gasteiger partial charge in [-0.3, -0.25) is 0 Å². The Kier molecular flexibility index (Phi) is 3.12. The molecule has 0 saturated carbocycles. The zero-order valence-corrected chi connectivity index (χ0v) is 9.33. The molecule has 3 nitrogen and oxygen atoms in total. The number of benzene rings is 1. The van der Waals surface area contributed by atoms with Crippen molar-refractivity contribution >= 4 is 0 Å². The highest BCUT2D eigenvalue weighted by atomic mass is 19.1. The Morgan fingerprint density at radius 3 is 2.69 bits per heavy atom. The number of hydrogen-bond acceptors (Lipinski definition) is 3. The van der Waals surface area contributed by atoms with Gasteiger partial charge in [0.05, 0.1) is 20.3 Å². The van der Waals surface area contributed by atoms with E-state index in [1.54, 1.807) is 6.07 Å². The Labute approximate surface area is 94.3 Å². The van der Waals surface area contributed by atoms with Crippen LogP contribution in [0.4, 0.5) is 4.39 Å². The van der Waals surface area contributed by atoms with E-state index in [1.807, 2.05) is 6.07 Å². The van der Waals surface area contributed by atoms with Crippen molar-refractivity contribution in [2.45, 2.75) is 11.8 Å². The lowest BCUT2D eigenvalue weighted by atomic mass is 9.76. The second-order valence-corrected chi connectivity index (χ2v) is 4.16. The van der Waals surface area contributed by atoms with Crippen molar-refractivity contribution in [3.63, 3.8) is 0 Å². The molecule has 2 N–H and O–H groups in total. The van der Waals surface area contributed by atoms with Gasteiger partial charge in [0, 0.05) is 5.41 Å². The van der Waals surface area contributed by atoms with Gasteiger partial charge in [0.25, 0.3) is 0 Å². The second-order valence-electron chi connectivity index (χ2n) is 4.16. The zero-order chi connectivity index (χ0) is 11.6. The molecule has 16 heavy (non-hydrogen) atoms. The summed E-state index contributed by atoms with van der Waals surface area (Å²) >= 11 is 0. The van der Waals surface area contributed by atoms with Crippen LogP contribution in [-0.4, -0.2) is 26.9 Å². The predicted molar refractivity (Wildman–Crippen MR) is 59.1 cm³/mol. The largest absolute Gasteiger partial charge is 0.494 e. The van der Waals surface area contributed by atoms with Crippen molar-refractivity contribution in [1.82, 2.24) is 0 Å². The highest BCUT2D eigenvalue weighted by Gasteiger charge is 2.39. The van der Waals surface area contributed by atoms with Crippen molar-refractivity contribution in [1.29, 1.82) is 0 Å². The first kappa shape index (κ1) is 11.4. The number of methoxy groups -OCH3 is 1. The molecule has 88 valence electrons. The molecule has 1 aliphatic rings. The quantitative estimate of drug-likeness (QED) is 0.843. The minimum absolute atomic E-state index is 0.0954. The fourth-order valence-corrected chi connectivity index (χ4v) is 2.08. The SMILES string of the molecule is COc1ccc(C2(CCN)COC2)cc1F. The third kappa shape index (κ3) is 1.79. The monoisotopic (exact) mass is 225 g/mol. The maximum absolute atomic E-state index is 13.6. The van der Waals surface area contributed by atoms with E-state index in [2.05, 4.69) is 0 Å². The molecule has 0 amide bonds. The normalized spacial score (nSPS) is 17.9. The van der Waals surface area contributed by atoms with E-state index in [0.717, 1.165) is 12.0 Å². The summed E-state index contributed by atoms with van der Waals surface area (Å²) in [6.45, 7) is 1.82. The summed E-state index contributed by atoms with van der Waals surface area (Å²) in [5.74, 6) is -0.0600. The maximum atomic E-state index is 13.6. The van der Waals surface area contributed by atoms with E-state index in [-0.39, 0.29) is 17.0 Å². The Balaban J connectivity index is 2.29. The lowest BCUT2D eigenvalue weighted by Gasteiger charge is -2.42. The molecule has 1 fully saturated rings. The number of hydrogen-bond donors (Lipinski definition) is 1. The van der Waals surface area contributed by atoms with Crippen LogP contribution < -0.4 is 10.5 Å². The van der Waals surface area contributed by atoms with Crippen LogP contribution in [0.5, 0.6) is 5.75 Å². The summed E-state index contributed by atoms with van der Waals surface area (Å²) in [5, 5.41) is 0. The van der Waals surface area contributed by atoms with Gasteiger partial charge in [0.2, 0.25) is 0 Å². The summed E-state index contributed by atoms with van der Waals surface area (Å²) in [6, 6.07) is 5.07. The second kappa shape index (κ2) is 4.39. The molecule has 0 spiro atoms. The van der Waals surface area contributed by atoms with Gasteiger partial charge in [-0.15, -0.1) is 0 Å². The maximum Gasteiger partial charge on any atom is 0.165 e. The highest BCUT2D eigenvalue weighted by molar-refractivity contribution is 5.35. The molecule has 0 bridgehead atoms. The summed E-state index contributed by atoms with van der Waals surface area (Å²) in [4.78, 5) is 0. The molecule has 1 aromatic carbocycles. The van der Waals surface area contributed by atoms with Crippen molar-refractivity contribution in [3.05, 3.63) is 29.6 Å². The first-order chi connectivity index (χ1) is 7.72. The van der Waals surface area contributed by atoms with Crippen molar-refractivity contribution in [2.24, 2.45) is 5.73 Å². The van der Waals surface area contributed by atoms with Gasteiger partial charge in [-0.1, -0.05) is 6.07 Å². The van der Waals surface area contributed by atoms with Gasteiger partial charge in [0.15, 0.2) is 11.6 Å². The van der Waals surface area contributed by atoms with E-state index in [9.17, 15) is 4.39 Å². The van der Waals surface area contributed by atoms with E-state index in [1.165, 1.54) is 13.2 Å². The average molecular weight is 225 g/mol. The summed E-state index contributed by atoms with van der Waals surface area (Å²) in [7, 11) is 1.46. The fourth-order valence-electron chi connectivity index (χ4n) is 2.08. The molecule has 0 aromatic heterocycles. The van der Waals surface area contributed by atoms with E-state index in [4.69, 9.17) is 15.2 Å². The highest BCUT2D eigenvalue weighted by Crippen LogP contribution is 2.36. The number of rotatable bonds is 4. The third-order valence-electron chi connectivity index (χ3n) is 3.14. The van der Waals surface area contributed by atoms with Crippen LogP contribution in [0.3, 0.4) is 0 Å². The van der Waals surface area contributed by atoms with Crippen LogP contribution in [-0.2, 0) is 10.2 Å². The number of ether oxygens (including phenoxy) is 2. The summed E-state index contributed by atoms with van der Waals surface area (Å²) in [5.41, 5.74) is 6.43. The number of nitrogens with two attached hydrogens (primary N) is 1. The van der Waals surface area contributed by atoms with Crippen LogP contribution >= 0.6 is 0 Å². The first-order valence-corrected chi connectivity index (χ1v) is 5.34. The van der Waals surface area contributed by atoms with Crippen molar-refractivity contribution in [3.8, 4) is 5.75 Å². The molecular weight excluding hydrogens is 209 g/mol. The van der Waals surface area contributed by atoms with Gasteiger partial charge < -0.3 is 15.2 Å². The van der Waals surface area contributed by atoms with Gasteiger partial charge >= 0.3 is 0 Å². The Hall–Kier alpha value is -1.13. The Morgan fingerprint density at radius 2 is 2.25 bits per heavy atom. The molecule has 1 aliphatic heterocycles. The van der Waals surface area contributed by atoms with Gasteiger partial charge in [0.1, 0.15) is 0 Å². The Bertz CT molecular complexity index is 377. The topological polar surface area (TPSA) is 44.5 Å². The minimum Gasteiger partial charge on any atom is -0.494 e. The zero-order valence-electron chi connectivity index (χ0n) is 9.33. The van der Waals surface area contributed by atoms with E-state index < -0.39 is 0 Å². The van der Waals surface area contributed by atoms with E-state index >= 15 is 0 Å². The third-order valence-corrected chi connectivity index (χ3v) is 3.14. The van der Waals surface area contributed by atoms with Gasteiger partial charge in [-0.2, -0.15) is 0 Å². The smallest absolute Gasteiger partial charge is 0.165 e. The molecule has 1 aromatic rings. The molecule has 4 heteroatoms. The van der Waals surface area contributed by atoms with Crippen LogP contribution in [0.1, 0.15) is 12.0 Å². The molecular formula is C12H16FNO2. The van der Waals surface area contributed by atoms with Gasteiger partial charge in [-0.05, 0) is 30.7 Å².